The maximum absolute atomic E-state index is 11.6. The summed E-state index contributed by atoms with van der Waals surface area (Å²) in [4.78, 5) is 15.1. The van der Waals surface area contributed by atoms with Crippen LogP contribution in [0.15, 0.2) is 17.1 Å². The van der Waals surface area contributed by atoms with E-state index in [1.54, 1.807) is 0 Å². The lowest BCUT2D eigenvalue weighted by atomic mass is 10.1. The van der Waals surface area contributed by atoms with Crippen LogP contribution in [0.2, 0.25) is 0 Å². The summed E-state index contributed by atoms with van der Waals surface area (Å²) in [6.07, 6.45) is -0.417. The Morgan fingerprint density at radius 2 is 2.41 bits per heavy atom. The fourth-order valence-corrected chi connectivity index (χ4v) is 1.84. The van der Waals surface area contributed by atoms with Crippen LogP contribution in [-0.2, 0) is 10.6 Å². The SMILES string of the molecule is Nc1ccn(C2(N)C[C@H](O)[C@@H](CO)O2)c(=O)n1. The lowest BCUT2D eigenvalue weighted by Gasteiger charge is -2.25. The molecule has 3 atom stereocenters. The Bertz CT molecular complexity index is 476. The molecule has 2 rings (SSSR count). The predicted octanol–water partition coefficient (Wildman–Crippen LogP) is -2.46. The zero-order valence-electron chi connectivity index (χ0n) is 8.98. The van der Waals surface area contributed by atoms with Gasteiger partial charge in [-0.05, 0) is 6.07 Å². The molecule has 0 aromatic carbocycles. The second-order valence-electron chi connectivity index (χ2n) is 3.96. The van der Waals surface area contributed by atoms with E-state index < -0.39 is 23.7 Å². The van der Waals surface area contributed by atoms with Crippen LogP contribution in [0.1, 0.15) is 6.42 Å². The fraction of sp³-hybridized carbons (Fsp3) is 0.556. The number of hydrogen-bond acceptors (Lipinski definition) is 7. The summed E-state index contributed by atoms with van der Waals surface area (Å²) in [5.74, 6) is -1.43. The maximum atomic E-state index is 11.6. The fourth-order valence-electron chi connectivity index (χ4n) is 1.84. The number of aromatic nitrogens is 2. The van der Waals surface area contributed by atoms with Crippen molar-refractivity contribution in [1.29, 1.82) is 0 Å². The van der Waals surface area contributed by atoms with Gasteiger partial charge in [-0.25, -0.2) is 4.79 Å². The molecule has 0 amide bonds. The van der Waals surface area contributed by atoms with Gasteiger partial charge in [-0.3, -0.25) is 10.3 Å². The van der Waals surface area contributed by atoms with Crippen LogP contribution < -0.4 is 17.2 Å². The quantitative estimate of drug-likeness (QED) is 0.451. The summed E-state index contributed by atoms with van der Waals surface area (Å²) in [5, 5.41) is 18.6. The van der Waals surface area contributed by atoms with E-state index >= 15 is 0 Å². The second kappa shape index (κ2) is 4.08. The second-order valence-corrected chi connectivity index (χ2v) is 3.96. The number of nitrogens with two attached hydrogens (primary N) is 2. The zero-order chi connectivity index (χ0) is 12.6. The summed E-state index contributed by atoms with van der Waals surface area (Å²) >= 11 is 0. The van der Waals surface area contributed by atoms with Crippen LogP contribution >= 0.6 is 0 Å². The van der Waals surface area contributed by atoms with Crippen LogP contribution in [-0.4, -0.2) is 38.6 Å². The molecule has 17 heavy (non-hydrogen) atoms. The minimum atomic E-state index is -1.51. The summed E-state index contributed by atoms with van der Waals surface area (Å²) in [6, 6.07) is 1.40. The predicted molar refractivity (Wildman–Crippen MR) is 57.7 cm³/mol. The van der Waals surface area contributed by atoms with E-state index in [2.05, 4.69) is 4.98 Å². The number of hydrogen-bond donors (Lipinski definition) is 4. The molecule has 0 radical (unpaired) electrons. The van der Waals surface area contributed by atoms with Crippen molar-refractivity contribution in [1.82, 2.24) is 9.55 Å². The molecular weight excluding hydrogens is 228 g/mol. The van der Waals surface area contributed by atoms with Crippen LogP contribution in [0.5, 0.6) is 0 Å². The number of nitrogen functional groups attached to an aromatic ring is 1. The molecule has 0 aliphatic carbocycles. The van der Waals surface area contributed by atoms with E-state index in [9.17, 15) is 9.90 Å². The number of nitrogens with zero attached hydrogens (tertiary/aromatic N) is 2. The molecule has 8 nitrogen and oxygen atoms in total. The molecule has 1 saturated heterocycles. The third-order valence-electron chi connectivity index (χ3n) is 2.70. The zero-order valence-corrected chi connectivity index (χ0v) is 8.98. The van der Waals surface area contributed by atoms with Gasteiger partial charge >= 0.3 is 5.69 Å². The molecule has 1 aromatic heterocycles. The van der Waals surface area contributed by atoms with Crippen molar-refractivity contribution in [2.75, 3.05) is 12.3 Å². The van der Waals surface area contributed by atoms with Crippen LogP contribution in [0.4, 0.5) is 5.82 Å². The minimum absolute atomic E-state index is 0.0102. The average Bonchev–Trinajstić information content (AvgIpc) is 2.54. The van der Waals surface area contributed by atoms with Crippen LogP contribution in [0.25, 0.3) is 0 Å². The largest absolute Gasteiger partial charge is 0.394 e. The maximum Gasteiger partial charge on any atom is 0.352 e. The third-order valence-corrected chi connectivity index (χ3v) is 2.70. The minimum Gasteiger partial charge on any atom is -0.394 e. The van der Waals surface area contributed by atoms with Crippen molar-refractivity contribution in [3.05, 3.63) is 22.7 Å². The normalized spacial score (nSPS) is 32.9. The first-order valence-corrected chi connectivity index (χ1v) is 5.07. The van der Waals surface area contributed by atoms with Crippen LogP contribution in [0, 0.1) is 0 Å². The Labute approximate surface area is 96.4 Å². The Morgan fingerprint density at radius 1 is 1.71 bits per heavy atom. The first-order valence-electron chi connectivity index (χ1n) is 5.07. The van der Waals surface area contributed by atoms with E-state index in [4.69, 9.17) is 21.3 Å². The monoisotopic (exact) mass is 242 g/mol. The smallest absolute Gasteiger partial charge is 0.352 e. The van der Waals surface area contributed by atoms with E-state index in [1.807, 2.05) is 0 Å². The highest BCUT2D eigenvalue weighted by atomic mass is 16.6. The highest BCUT2D eigenvalue weighted by Crippen LogP contribution is 2.29. The van der Waals surface area contributed by atoms with Gasteiger partial charge in [0.05, 0.1) is 12.7 Å². The molecule has 1 aliphatic rings. The number of ether oxygens (including phenoxy) is 1. The molecule has 2 heterocycles. The first kappa shape index (κ1) is 12.0. The third kappa shape index (κ3) is 2.03. The molecule has 94 valence electrons. The molecule has 0 saturated carbocycles. The Balaban J connectivity index is 2.37. The van der Waals surface area contributed by atoms with E-state index in [1.165, 1.54) is 12.3 Å². The molecule has 6 N–H and O–H groups in total. The Hall–Kier alpha value is -1.48. The topological polar surface area (TPSA) is 137 Å². The van der Waals surface area contributed by atoms with Gasteiger partial charge in [0.15, 0.2) is 0 Å². The van der Waals surface area contributed by atoms with Gasteiger partial charge in [0.1, 0.15) is 11.9 Å². The summed E-state index contributed by atoms with van der Waals surface area (Å²) in [7, 11) is 0. The van der Waals surface area contributed by atoms with Gasteiger partial charge in [-0.2, -0.15) is 4.98 Å². The summed E-state index contributed by atoms with van der Waals surface area (Å²) in [6.45, 7) is -0.378. The number of rotatable bonds is 2. The van der Waals surface area contributed by atoms with Crippen molar-refractivity contribution in [2.24, 2.45) is 5.73 Å². The highest BCUT2D eigenvalue weighted by molar-refractivity contribution is 5.23. The number of aliphatic hydroxyl groups excluding tert-OH is 2. The van der Waals surface area contributed by atoms with Crippen molar-refractivity contribution in [2.45, 2.75) is 24.5 Å². The standard InChI is InChI=1S/C9H14N4O4/c10-7-1-2-13(8(16)12-7)9(11)3-5(15)6(4-14)17-9/h1-2,5-6,14-15H,3-4,11H2,(H2,10,12,16)/t5-,6+,9?/m0/s1. The Morgan fingerprint density at radius 3 is 2.94 bits per heavy atom. The molecule has 1 aromatic rings. The molecule has 1 fully saturated rings. The summed E-state index contributed by atoms with van der Waals surface area (Å²) in [5.41, 5.74) is 10.6. The molecule has 0 bridgehead atoms. The van der Waals surface area contributed by atoms with Crippen molar-refractivity contribution in [3.63, 3.8) is 0 Å². The lowest BCUT2D eigenvalue weighted by Crippen LogP contribution is -2.49. The first-order chi connectivity index (χ1) is 7.96. The Kier molecular flexibility index (Phi) is 2.87. The van der Waals surface area contributed by atoms with E-state index in [0.29, 0.717) is 0 Å². The molecule has 0 spiro atoms. The summed E-state index contributed by atoms with van der Waals surface area (Å²) < 4.78 is 6.32. The number of anilines is 1. The molecule has 8 heteroatoms. The van der Waals surface area contributed by atoms with Gasteiger partial charge in [0, 0.05) is 12.6 Å². The highest BCUT2D eigenvalue weighted by Gasteiger charge is 2.45. The van der Waals surface area contributed by atoms with E-state index in [-0.39, 0.29) is 18.8 Å². The molecule has 1 aliphatic heterocycles. The number of aliphatic hydroxyl groups is 2. The average molecular weight is 242 g/mol. The molecular formula is C9H14N4O4. The van der Waals surface area contributed by atoms with Gasteiger partial charge < -0.3 is 20.7 Å². The molecule has 1 unspecified atom stereocenters. The van der Waals surface area contributed by atoms with Crippen LogP contribution in [0.3, 0.4) is 0 Å². The van der Waals surface area contributed by atoms with Gasteiger partial charge in [0.2, 0.25) is 5.85 Å². The lowest BCUT2D eigenvalue weighted by molar-refractivity contribution is -0.115. The van der Waals surface area contributed by atoms with E-state index in [0.717, 1.165) is 4.57 Å². The van der Waals surface area contributed by atoms with Crippen molar-refractivity contribution >= 4 is 5.82 Å². The van der Waals surface area contributed by atoms with Crippen molar-refractivity contribution in [3.8, 4) is 0 Å². The van der Waals surface area contributed by atoms with Gasteiger partial charge in [0.25, 0.3) is 0 Å². The van der Waals surface area contributed by atoms with Gasteiger partial charge in [-0.1, -0.05) is 0 Å². The van der Waals surface area contributed by atoms with Gasteiger partial charge in [-0.15, -0.1) is 0 Å². The van der Waals surface area contributed by atoms with Crippen molar-refractivity contribution < 1.29 is 14.9 Å².